The van der Waals surface area contributed by atoms with E-state index >= 15 is 0 Å². The molecule has 2 fully saturated rings. The Balaban J connectivity index is 1.62. The zero-order valence-corrected chi connectivity index (χ0v) is 13.3. The van der Waals surface area contributed by atoms with Crippen LogP contribution < -0.4 is 0 Å². The van der Waals surface area contributed by atoms with Gasteiger partial charge in [-0.1, -0.05) is 6.42 Å². The van der Waals surface area contributed by atoms with Crippen LogP contribution in [0.5, 0.6) is 0 Å². The molecule has 0 aromatic heterocycles. The van der Waals surface area contributed by atoms with E-state index in [9.17, 15) is 9.59 Å². The van der Waals surface area contributed by atoms with Gasteiger partial charge in [-0.2, -0.15) is 0 Å². The summed E-state index contributed by atoms with van der Waals surface area (Å²) in [4.78, 5) is 23.0. The summed E-state index contributed by atoms with van der Waals surface area (Å²) < 4.78 is 20.6. The maximum absolute atomic E-state index is 11.8. The summed E-state index contributed by atoms with van der Waals surface area (Å²) in [6.07, 6.45) is 6.63. The normalized spacial score (nSPS) is 26.0. The van der Waals surface area contributed by atoms with Crippen molar-refractivity contribution in [2.45, 2.75) is 83.0 Å². The third-order valence-electron chi connectivity index (χ3n) is 4.22. The lowest BCUT2D eigenvalue weighted by atomic mass is 9.95. The van der Waals surface area contributed by atoms with Gasteiger partial charge in [-0.25, -0.2) is 9.59 Å². The summed E-state index contributed by atoms with van der Waals surface area (Å²) in [6, 6.07) is 0. The van der Waals surface area contributed by atoms with E-state index < -0.39 is 12.3 Å². The summed E-state index contributed by atoms with van der Waals surface area (Å²) in [5.41, 5.74) is 0. The van der Waals surface area contributed by atoms with Crippen molar-refractivity contribution in [1.82, 2.24) is 0 Å². The molecule has 0 unspecified atom stereocenters. The molecule has 0 heterocycles. The second-order valence-corrected chi connectivity index (χ2v) is 5.95. The van der Waals surface area contributed by atoms with Crippen LogP contribution in [0.1, 0.15) is 64.7 Å². The predicted octanol–water partition coefficient (Wildman–Crippen LogP) is 3.96. The number of carbonyl (C=O) groups is 2. The van der Waals surface area contributed by atoms with E-state index in [1.54, 1.807) is 6.92 Å². The van der Waals surface area contributed by atoms with Crippen LogP contribution in [-0.2, 0) is 18.9 Å². The molecule has 2 aliphatic carbocycles. The summed E-state index contributed by atoms with van der Waals surface area (Å²) in [5, 5.41) is 0. The number of ether oxygens (including phenoxy) is 4. The van der Waals surface area contributed by atoms with E-state index in [0.717, 1.165) is 25.7 Å². The summed E-state index contributed by atoms with van der Waals surface area (Å²) >= 11 is 0. The van der Waals surface area contributed by atoms with Crippen molar-refractivity contribution in [1.29, 1.82) is 0 Å². The van der Waals surface area contributed by atoms with Crippen LogP contribution in [0.2, 0.25) is 0 Å². The standard InChI is InChI=1S/C16H26O6/c1-2-19-15(17)20-13-8-10-14(11-9-13)22-16(18)21-12-6-4-3-5-7-12/h12-14H,2-11H2,1H3. The lowest BCUT2D eigenvalue weighted by molar-refractivity contribution is -0.0396. The first-order chi connectivity index (χ1) is 10.7. The highest BCUT2D eigenvalue weighted by atomic mass is 16.7. The van der Waals surface area contributed by atoms with Gasteiger partial charge < -0.3 is 18.9 Å². The van der Waals surface area contributed by atoms with Gasteiger partial charge in [0.25, 0.3) is 0 Å². The lowest BCUT2D eigenvalue weighted by Gasteiger charge is -2.28. The molecule has 0 bridgehead atoms. The largest absolute Gasteiger partial charge is 0.508 e. The Bertz CT molecular complexity index is 356. The third-order valence-corrected chi connectivity index (χ3v) is 4.22. The molecule has 22 heavy (non-hydrogen) atoms. The van der Waals surface area contributed by atoms with Crippen molar-refractivity contribution in [2.24, 2.45) is 0 Å². The van der Waals surface area contributed by atoms with E-state index in [4.69, 9.17) is 18.9 Å². The van der Waals surface area contributed by atoms with Gasteiger partial charge in [-0.3, -0.25) is 0 Å². The first kappa shape index (κ1) is 16.9. The summed E-state index contributed by atoms with van der Waals surface area (Å²) in [6.45, 7) is 2.05. The Hall–Kier alpha value is -1.46. The van der Waals surface area contributed by atoms with Crippen molar-refractivity contribution in [3.8, 4) is 0 Å². The van der Waals surface area contributed by atoms with Gasteiger partial charge in [0.2, 0.25) is 0 Å². The minimum absolute atomic E-state index is 0.0183. The predicted molar refractivity (Wildman–Crippen MR) is 78.6 cm³/mol. The zero-order chi connectivity index (χ0) is 15.8. The second kappa shape index (κ2) is 8.86. The van der Waals surface area contributed by atoms with Gasteiger partial charge >= 0.3 is 12.3 Å². The van der Waals surface area contributed by atoms with E-state index in [1.807, 2.05) is 0 Å². The van der Waals surface area contributed by atoms with Crippen LogP contribution in [0, 0.1) is 0 Å². The van der Waals surface area contributed by atoms with Crippen molar-refractivity contribution in [3.63, 3.8) is 0 Å². The highest BCUT2D eigenvalue weighted by molar-refractivity contribution is 5.60. The molecule has 2 aliphatic rings. The van der Waals surface area contributed by atoms with Gasteiger partial charge in [0, 0.05) is 0 Å². The fraction of sp³-hybridized carbons (Fsp3) is 0.875. The Morgan fingerprint density at radius 1 is 0.727 bits per heavy atom. The van der Waals surface area contributed by atoms with E-state index in [1.165, 1.54) is 6.42 Å². The molecule has 0 N–H and O–H groups in total. The van der Waals surface area contributed by atoms with Crippen LogP contribution in [0.4, 0.5) is 9.59 Å². The number of hydrogen-bond acceptors (Lipinski definition) is 6. The van der Waals surface area contributed by atoms with E-state index in [-0.39, 0.29) is 18.3 Å². The molecule has 6 nitrogen and oxygen atoms in total. The molecule has 0 aliphatic heterocycles. The Kier molecular flexibility index (Phi) is 6.80. The molecule has 0 spiro atoms. The number of carbonyl (C=O) groups excluding carboxylic acids is 2. The molecule has 0 aromatic carbocycles. The van der Waals surface area contributed by atoms with Gasteiger partial charge in [0.05, 0.1) is 6.61 Å². The minimum atomic E-state index is -0.622. The Morgan fingerprint density at radius 3 is 1.68 bits per heavy atom. The van der Waals surface area contributed by atoms with Gasteiger partial charge in [-0.05, 0) is 58.3 Å². The summed E-state index contributed by atoms with van der Waals surface area (Å²) in [7, 11) is 0. The fourth-order valence-corrected chi connectivity index (χ4v) is 3.04. The second-order valence-electron chi connectivity index (χ2n) is 5.95. The molecule has 0 radical (unpaired) electrons. The molecule has 6 heteroatoms. The molecule has 0 aromatic rings. The highest BCUT2D eigenvalue weighted by Crippen LogP contribution is 2.25. The molecular weight excluding hydrogens is 288 g/mol. The molecule has 0 amide bonds. The monoisotopic (exact) mass is 314 g/mol. The van der Waals surface area contributed by atoms with Crippen LogP contribution in [-0.4, -0.2) is 37.2 Å². The third kappa shape index (κ3) is 5.73. The quantitative estimate of drug-likeness (QED) is 0.731. The van der Waals surface area contributed by atoms with Crippen molar-refractivity contribution < 1.29 is 28.5 Å². The Morgan fingerprint density at radius 2 is 1.18 bits per heavy atom. The van der Waals surface area contributed by atoms with Crippen molar-refractivity contribution in [3.05, 3.63) is 0 Å². The Labute approximate surface area is 131 Å². The van der Waals surface area contributed by atoms with Gasteiger partial charge in [0.15, 0.2) is 0 Å². The van der Waals surface area contributed by atoms with Crippen LogP contribution in [0.15, 0.2) is 0 Å². The average molecular weight is 314 g/mol. The molecule has 2 rings (SSSR count). The fourth-order valence-electron chi connectivity index (χ4n) is 3.04. The molecule has 0 saturated heterocycles. The zero-order valence-electron chi connectivity index (χ0n) is 13.3. The lowest BCUT2D eigenvalue weighted by Crippen LogP contribution is -2.31. The molecular formula is C16H26O6. The first-order valence-electron chi connectivity index (χ1n) is 8.38. The topological polar surface area (TPSA) is 71.1 Å². The van der Waals surface area contributed by atoms with Gasteiger partial charge in [-0.15, -0.1) is 0 Å². The summed E-state index contributed by atoms with van der Waals surface area (Å²) in [5.74, 6) is 0. The van der Waals surface area contributed by atoms with Crippen LogP contribution in [0.25, 0.3) is 0 Å². The average Bonchev–Trinajstić information content (AvgIpc) is 2.50. The van der Waals surface area contributed by atoms with Crippen LogP contribution >= 0.6 is 0 Å². The smallest absolute Gasteiger partial charge is 0.435 e. The number of hydrogen-bond donors (Lipinski definition) is 0. The van der Waals surface area contributed by atoms with E-state index in [2.05, 4.69) is 0 Å². The highest BCUT2D eigenvalue weighted by Gasteiger charge is 2.28. The minimum Gasteiger partial charge on any atom is -0.435 e. The first-order valence-corrected chi connectivity index (χ1v) is 8.38. The molecule has 0 atom stereocenters. The van der Waals surface area contributed by atoms with Crippen LogP contribution in [0.3, 0.4) is 0 Å². The SMILES string of the molecule is CCOC(=O)OC1CCC(OC(=O)OC2CCCCC2)CC1. The van der Waals surface area contributed by atoms with Crippen molar-refractivity contribution in [2.75, 3.05) is 6.61 Å². The number of rotatable bonds is 4. The van der Waals surface area contributed by atoms with Crippen molar-refractivity contribution >= 4 is 12.3 Å². The van der Waals surface area contributed by atoms with Gasteiger partial charge in [0.1, 0.15) is 18.3 Å². The molecule has 126 valence electrons. The maximum Gasteiger partial charge on any atom is 0.508 e. The van der Waals surface area contributed by atoms with E-state index in [0.29, 0.717) is 32.3 Å². The maximum atomic E-state index is 11.8. The molecule has 2 saturated carbocycles.